The Labute approximate surface area is 117 Å². The summed E-state index contributed by atoms with van der Waals surface area (Å²) < 4.78 is 0. The van der Waals surface area contributed by atoms with Gasteiger partial charge in [0.2, 0.25) is 5.96 Å². The van der Waals surface area contributed by atoms with Crippen molar-refractivity contribution in [3.8, 4) is 0 Å². The predicted molar refractivity (Wildman–Crippen MR) is 83.5 cm³/mol. The molecule has 1 aromatic rings. The van der Waals surface area contributed by atoms with Crippen LogP contribution in [0.4, 0.5) is 0 Å². The molecule has 106 valence electrons. The second kappa shape index (κ2) is 7.03. The van der Waals surface area contributed by atoms with Crippen molar-refractivity contribution in [1.82, 2.24) is 0 Å². The number of nitrogens with two attached hydrogens (primary N) is 3. The van der Waals surface area contributed by atoms with E-state index in [1.54, 1.807) is 0 Å². The molecule has 0 saturated carbocycles. The Morgan fingerprint density at radius 3 is 1.90 bits per heavy atom. The van der Waals surface area contributed by atoms with Gasteiger partial charge < -0.3 is 17.2 Å². The Hall–Kier alpha value is -2.70. The van der Waals surface area contributed by atoms with Crippen LogP contribution in [0, 0.1) is 5.41 Å². The molecule has 0 unspecified atom stereocenters. The van der Waals surface area contributed by atoms with Crippen molar-refractivity contribution in [2.75, 3.05) is 6.54 Å². The standard InChI is InChI=1S/C13H19N7/c1-8(18-7-12(14)15)10-3-5-11(6-4-10)9(2)19-20-13(16)17/h3-6H,7H2,1-2H3,(H3,14,15)(H4,16,17,20)/b18-8?,19-9+. The van der Waals surface area contributed by atoms with E-state index in [-0.39, 0.29) is 18.3 Å². The van der Waals surface area contributed by atoms with E-state index in [1.165, 1.54) is 0 Å². The zero-order valence-corrected chi connectivity index (χ0v) is 11.6. The molecule has 7 N–H and O–H groups in total. The molecule has 0 aromatic heterocycles. The van der Waals surface area contributed by atoms with Crippen LogP contribution in [0.5, 0.6) is 0 Å². The SMILES string of the molecule is CC(=NCC(=N)N)c1ccc(/C(C)=N/N=C(N)N)cc1. The third-order valence-corrected chi connectivity index (χ3v) is 2.52. The first-order valence-corrected chi connectivity index (χ1v) is 5.98. The molecule has 0 fully saturated rings. The number of aliphatic imine (C=N–C) groups is 1. The van der Waals surface area contributed by atoms with Gasteiger partial charge in [0, 0.05) is 5.71 Å². The highest BCUT2D eigenvalue weighted by atomic mass is 15.3. The molecule has 1 rings (SSSR count). The fourth-order valence-corrected chi connectivity index (χ4v) is 1.44. The third-order valence-electron chi connectivity index (χ3n) is 2.52. The van der Waals surface area contributed by atoms with Crippen molar-refractivity contribution >= 4 is 23.2 Å². The molecule has 0 aliphatic rings. The molecule has 1 aromatic carbocycles. The lowest BCUT2D eigenvalue weighted by atomic mass is 10.1. The van der Waals surface area contributed by atoms with Crippen LogP contribution in [0.2, 0.25) is 0 Å². The average molecular weight is 273 g/mol. The molecular formula is C13H19N7. The fraction of sp³-hybridized carbons (Fsp3) is 0.231. The highest BCUT2D eigenvalue weighted by molar-refractivity contribution is 6.02. The lowest BCUT2D eigenvalue weighted by Crippen LogP contribution is -2.22. The van der Waals surface area contributed by atoms with E-state index in [4.69, 9.17) is 22.6 Å². The Kier molecular flexibility index (Phi) is 5.40. The van der Waals surface area contributed by atoms with Crippen LogP contribution in [-0.4, -0.2) is 29.8 Å². The van der Waals surface area contributed by atoms with E-state index in [0.29, 0.717) is 5.71 Å². The molecule has 0 saturated heterocycles. The zero-order chi connectivity index (χ0) is 15.1. The van der Waals surface area contributed by atoms with Crippen LogP contribution in [0.1, 0.15) is 25.0 Å². The number of nitrogens with zero attached hydrogens (tertiary/aromatic N) is 3. The van der Waals surface area contributed by atoms with Crippen molar-refractivity contribution in [3.63, 3.8) is 0 Å². The average Bonchev–Trinajstić information content (AvgIpc) is 2.42. The van der Waals surface area contributed by atoms with Gasteiger partial charge in [-0.3, -0.25) is 10.4 Å². The summed E-state index contributed by atoms with van der Waals surface area (Å²) in [5.41, 5.74) is 19.1. The largest absolute Gasteiger partial charge is 0.386 e. The summed E-state index contributed by atoms with van der Waals surface area (Å²) in [6.07, 6.45) is 0. The van der Waals surface area contributed by atoms with E-state index in [2.05, 4.69) is 15.2 Å². The minimum Gasteiger partial charge on any atom is -0.386 e. The third kappa shape index (κ3) is 4.89. The molecule has 0 aliphatic heterocycles. The van der Waals surface area contributed by atoms with Crippen LogP contribution in [0.25, 0.3) is 0 Å². The quantitative estimate of drug-likeness (QED) is 0.351. The van der Waals surface area contributed by atoms with Crippen molar-refractivity contribution in [2.24, 2.45) is 32.4 Å². The van der Waals surface area contributed by atoms with Crippen molar-refractivity contribution in [1.29, 1.82) is 5.41 Å². The fourth-order valence-electron chi connectivity index (χ4n) is 1.44. The molecule has 0 atom stereocenters. The zero-order valence-electron chi connectivity index (χ0n) is 11.6. The predicted octanol–water partition coefficient (Wildman–Crippen LogP) is 0.429. The maximum atomic E-state index is 7.14. The van der Waals surface area contributed by atoms with Gasteiger partial charge in [0.15, 0.2) is 0 Å². The van der Waals surface area contributed by atoms with Crippen LogP contribution in [-0.2, 0) is 0 Å². The summed E-state index contributed by atoms with van der Waals surface area (Å²) in [6.45, 7) is 3.90. The number of hydrogen-bond donors (Lipinski definition) is 4. The van der Waals surface area contributed by atoms with Gasteiger partial charge in [-0.25, -0.2) is 0 Å². The van der Waals surface area contributed by atoms with Crippen molar-refractivity contribution < 1.29 is 0 Å². The number of guanidine groups is 1. The van der Waals surface area contributed by atoms with Crippen LogP contribution >= 0.6 is 0 Å². The first-order chi connectivity index (χ1) is 9.40. The molecule has 0 amide bonds. The smallest absolute Gasteiger partial charge is 0.211 e. The minimum absolute atomic E-state index is 0.0428. The first kappa shape index (κ1) is 15.4. The van der Waals surface area contributed by atoms with E-state index in [0.717, 1.165) is 16.8 Å². The Morgan fingerprint density at radius 1 is 0.950 bits per heavy atom. The molecule has 0 aliphatic carbocycles. The molecule has 20 heavy (non-hydrogen) atoms. The number of benzene rings is 1. The maximum Gasteiger partial charge on any atom is 0.211 e. The maximum absolute atomic E-state index is 7.14. The summed E-state index contributed by atoms with van der Waals surface area (Å²) >= 11 is 0. The van der Waals surface area contributed by atoms with E-state index in [9.17, 15) is 0 Å². The van der Waals surface area contributed by atoms with E-state index >= 15 is 0 Å². The van der Waals surface area contributed by atoms with Crippen molar-refractivity contribution in [2.45, 2.75) is 13.8 Å². The summed E-state index contributed by atoms with van der Waals surface area (Å²) in [5.74, 6) is -0.0330. The Morgan fingerprint density at radius 2 is 1.45 bits per heavy atom. The Bertz CT molecular complexity index is 563. The Balaban J connectivity index is 2.89. The van der Waals surface area contributed by atoms with Gasteiger partial charge in [0.05, 0.1) is 12.3 Å². The van der Waals surface area contributed by atoms with Gasteiger partial charge in [-0.1, -0.05) is 24.3 Å². The second-order valence-electron chi connectivity index (χ2n) is 4.21. The lowest BCUT2D eigenvalue weighted by molar-refractivity contribution is 1.19. The minimum atomic E-state index is -0.0758. The van der Waals surface area contributed by atoms with Gasteiger partial charge in [-0.05, 0) is 25.0 Å². The van der Waals surface area contributed by atoms with Gasteiger partial charge >= 0.3 is 0 Å². The van der Waals surface area contributed by atoms with Crippen LogP contribution in [0.3, 0.4) is 0 Å². The molecule has 0 bridgehead atoms. The highest BCUT2D eigenvalue weighted by Gasteiger charge is 2.01. The topological polar surface area (TPSA) is 139 Å². The molecule has 7 nitrogen and oxygen atoms in total. The van der Waals surface area contributed by atoms with E-state index < -0.39 is 0 Å². The summed E-state index contributed by atoms with van der Waals surface area (Å²) in [7, 11) is 0. The van der Waals surface area contributed by atoms with Gasteiger partial charge in [-0.15, -0.1) is 5.10 Å². The lowest BCUT2D eigenvalue weighted by Gasteiger charge is -2.03. The molecule has 0 spiro atoms. The summed E-state index contributed by atoms with van der Waals surface area (Å²) in [6, 6.07) is 7.65. The number of rotatable bonds is 5. The molecule has 0 heterocycles. The first-order valence-electron chi connectivity index (χ1n) is 5.98. The monoisotopic (exact) mass is 273 g/mol. The molecule has 0 radical (unpaired) electrons. The van der Waals surface area contributed by atoms with Gasteiger partial charge in [0.25, 0.3) is 0 Å². The van der Waals surface area contributed by atoms with Gasteiger partial charge in [-0.2, -0.15) is 5.10 Å². The second-order valence-corrected chi connectivity index (χ2v) is 4.21. The normalized spacial score (nSPS) is 12.1. The number of nitrogens with one attached hydrogen (secondary N) is 1. The molecular weight excluding hydrogens is 254 g/mol. The van der Waals surface area contributed by atoms with Crippen LogP contribution < -0.4 is 17.2 Å². The summed E-state index contributed by atoms with van der Waals surface area (Å²) in [4.78, 5) is 4.21. The molecule has 7 heteroatoms. The van der Waals surface area contributed by atoms with Crippen molar-refractivity contribution in [3.05, 3.63) is 35.4 Å². The highest BCUT2D eigenvalue weighted by Crippen LogP contribution is 2.07. The van der Waals surface area contributed by atoms with Gasteiger partial charge in [0.1, 0.15) is 5.84 Å². The number of amidine groups is 1. The van der Waals surface area contributed by atoms with Crippen LogP contribution in [0.15, 0.2) is 39.5 Å². The summed E-state index contributed by atoms with van der Waals surface area (Å²) in [5, 5.41) is 14.7. The number of hydrogen-bond acceptors (Lipinski definition) is 4. The van der Waals surface area contributed by atoms with E-state index in [1.807, 2.05) is 38.1 Å².